The Balaban J connectivity index is 0.00000368. The summed E-state index contributed by atoms with van der Waals surface area (Å²) in [5.41, 5.74) is 2.96. The zero-order valence-corrected chi connectivity index (χ0v) is 24.3. The second-order valence-corrected chi connectivity index (χ2v) is 11.6. The van der Waals surface area contributed by atoms with E-state index in [1.807, 2.05) is 4.90 Å². The Morgan fingerprint density at radius 2 is 1.51 bits per heavy atom. The van der Waals surface area contributed by atoms with E-state index in [2.05, 4.69) is 70.2 Å². The number of likely N-dealkylation sites (N-methyl/N-ethyl adjacent to an activating group) is 1. The molecule has 10 nitrogen and oxygen atoms in total. The summed E-state index contributed by atoms with van der Waals surface area (Å²) in [6.45, 7) is 10.5. The van der Waals surface area contributed by atoms with Crippen molar-refractivity contribution in [3.8, 4) is 5.95 Å². The van der Waals surface area contributed by atoms with E-state index in [1.165, 1.54) is 15.8 Å². The molecule has 4 heterocycles. The van der Waals surface area contributed by atoms with Crippen LogP contribution in [0.15, 0.2) is 48.5 Å². The van der Waals surface area contributed by atoms with Gasteiger partial charge in [-0.05, 0) is 51.1 Å². The standard InChI is InChI=1S/C30H37F2N9O.CH4/c1-30(2,20-21-8-4-6-10-23(21)39-14-12-38(3)13-15-39)37-27-34-28(40-16-18-42-19-17-40)36-29(35-27)41-24-11-7-5-9-22(24)33-26(41)25(31)32;/h4-11,25H,12-20H2,1-3H3,(H,34,35,36,37);1H4. The lowest BCUT2D eigenvalue weighted by molar-refractivity contribution is 0.122. The summed E-state index contributed by atoms with van der Waals surface area (Å²) >= 11 is 0. The number of hydrogen-bond donors (Lipinski definition) is 1. The minimum absolute atomic E-state index is 0. The van der Waals surface area contributed by atoms with Crippen molar-refractivity contribution in [3.05, 3.63) is 59.9 Å². The van der Waals surface area contributed by atoms with Crippen LogP contribution < -0.4 is 15.1 Å². The highest BCUT2D eigenvalue weighted by atomic mass is 19.3. The van der Waals surface area contributed by atoms with Crippen molar-refractivity contribution in [2.75, 3.05) is 74.6 Å². The van der Waals surface area contributed by atoms with Crippen LogP contribution in [-0.2, 0) is 11.2 Å². The Kier molecular flexibility index (Phi) is 9.07. The number of nitrogens with one attached hydrogen (secondary N) is 1. The molecule has 2 aliphatic heterocycles. The maximum Gasteiger partial charge on any atom is 0.296 e. The van der Waals surface area contributed by atoms with Crippen molar-refractivity contribution in [3.63, 3.8) is 0 Å². The van der Waals surface area contributed by atoms with Gasteiger partial charge in [0.1, 0.15) is 0 Å². The van der Waals surface area contributed by atoms with Crippen molar-refractivity contribution in [2.24, 2.45) is 0 Å². The summed E-state index contributed by atoms with van der Waals surface area (Å²) < 4.78 is 35.3. The van der Waals surface area contributed by atoms with E-state index in [0.29, 0.717) is 55.7 Å². The van der Waals surface area contributed by atoms with Crippen molar-refractivity contribution in [1.29, 1.82) is 0 Å². The topological polar surface area (TPSA) is 87.5 Å². The smallest absolute Gasteiger partial charge is 0.296 e. The van der Waals surface area contributed by atoms with Crippen molar-refractivity contribution in [2.45, 2.75) is 39.7 Å². The van der Waals surface area contributed by atoms with Crippen LogP contribution in [-0.4, -0.2) is 94.5 Å². The number of fused-ring (bicyclic) bond motifs is 1. The lowest BCUT2D eigenvalue weighted by Gasteiger charge is -2.36. The molecule has 2 saturated heterocycles. The summed E-state index contributed by atoms with van der Waals surface area (Å²) in [6, 6.07) is 15.5. The number of morpholine rings is 1. The third kappa shape index (κ3) is 6.70. The zero-order valence-electron chi connectivity index (χ0n) is 24.3. The molecule has 0 atom stereocenters. The van der Waals surface area contributed by atoms with Crippen LogP contribution in [0.3, 0.4) is 0 Å². The Morgan fingerprint density at radius 3 is 2.26 bits per heavy atom. The number of ether oxygens (including phenoxy) is 1. The van der Waals surface area contributed by atoms with Crippen molar-refractivity contribution >= 4 is 28.6 Å². The van der Waals surface area contributed by atoms with Crippen LogP contribution in [0.1, 0.15) is 39.1 Å². The van der Waals surface area contributed by atoms with E-state index in [4.69, 9.17) is 14.7 Å². The Hall–Kier alpha value is -3.90. The number of hydrogen-bond acceptors (Lipinski definition) is 9. The fourth-order valence-electron chi connectivity index (χ4n) is 5.65. The van der Waals surface area contributed by atoms with Gasteiger partial charge in [-0.25, -0.2) is 13.8 Å². The Labute approximate surface area is 251 Å². The molecule has 0 saturated carbocycles. The predicted molar refractivity (Wildman–Crippen MR) is 167 cm³/mol. The van der Waals surface area contributed by atoms with Gasteiger partial charge in [-0.15, -0.1) is 0 Å². The molecule has 2 aromatic heterocycles. The van der Waals surface area contributed by atoms with Gasteiger partial charge in [0.25, 0.3) is 6.43 Å². The molecule has 0 bridgehead atoms. The molecule has 0 amide bonds. The summed E-state index contributed by atoms with van der Waals surface area (Å²) in [7, 11) is 2.15. The monoisotopic (exact) mass is 593 g/mol. The van der Waals surface area contributed by atoms with Crippen molar-refractivity contribution in [1.82, 2.24) is 29.4 Å². The first-order chi connectivity index (χ1) is 20.3. The molecule has 43 heavy (non-hydrogen) atoms. The number of nitrogens with zero attached hydrogens (tertiary/aromatic N) is 8. The number of imidazole rings is 1. The maximum atomic E-state index is 14.2. The molecule has 4 aromatic rings. The highest BCUT2D eigenvalue weighted by molar-refractivity contribution is 5.77. The number of halogens is 2. The van der Waals surface area contributed by atoms with Gasteiger partial charge in [0, 0.05) is 50.5 Å². The molecule has 6 rings (SSSR count). The SMILES string of the molecule is C.CN1CCN(c2ccccc2CC(C)(C)Nc2nc(N3CCOCC3)nc(-n3c(C(F)F)nc4ccccc43)n2)CC1. The number of rotatable bonds is 8. The Bertz CT molecular complexity index is 1530. The van der Waals surface area contributed by atoms with Gasteiger partial charge < -0.3 is 24.8 Å². The minimum atomic E-state index is -2.81. The first-order valence-electron chi connectivity index (χ1n) is 14.4. The van der Waals surface area contributed by atoms with E-state index in [9.17, 15) is 8.78 Å². The lowest BCUT2D eigenvalue weighted by atomic mass is 9.93. The van der Waals surface area contributed by atoms with E-state index in [-0.39, 0.29) is 13.4 Å². The van der Waals surface area contributed by atoms with Crippen LogP contribution in [0.2, 0.25) is 0 Å². The van der Waals surface area contributed by atoms with E-state index < -0.39 is 17.8 Å². The fraction of sp³-hybridized carbons (Fsp3) is 0.484. The third-order valence-electron chi connectivity index (χ3n) is 7.81. The predicted octanol–water partition coefficient (Wildman–Crippen LogP) is 4.81. The quantitative estimate of drug-likeness (QED) is 0.309. The first kappa shape index (κ1) is 30.6. The number of piperazine rings is 1. The van der Waals surface area contributed by atoms with Gasteiger partial charge in [0.05, 0.1) is 24.2 Å². The van der Waals surface area contributed by atoms with Crippen LogP contribution in [0.4, 0.5) is 26.4 Å². The molecular weight excluding hydrogens is 552 g/mol. The van der Waals surface area contributed by atoms with Crippen LogP contribution in [0, 0.1) is 0 Å². The summed E-state index contributed by atoms with van der Waals surface area (Å²) in [5.74, 6) is 0.437. The minimum Gasteiger partial charge on any atom is -0.378 e. The summed E-state index contributed by atoms with van der Waals surface area (Å²) in [6.07, 6.45) is -2.10. The number of benzene rings is 2. The molecule has 0 unspecified atom stereocenters. The number of aromatic nitrogens is 5. The number of alkyl halides is 2. The van der Waals surface area contributed by atoms with Gasteiger partial charge in [-0.1, -0.05) is 37.8 Å². The highest BCUT2D eigenvalue weighted by Crippen LogP contribution is 2.30. The summed E-state index contributed by atoms with van der Waals surface area (Å²) in [5, 5.41) is 3.51. The molecule has 0 radical (unpaired) electrons. The lowest BCUT2D eigenvalue weighted by Crippen LogP contribution is -2.45. The van der Waals surface area contributed by atoms with Gasteiger partial charge in [0.15, 0.2) is 5.82 Å². The van der Waals surface area contributed by atoms with E-state index in [1.54, 1.807) is 24.3 Å². The molecule has 1 N–H and O–H groups in total. The van der Waals surface area contributed by atoms with Gasteiger partial charge in [0.2, 0.25) is 17.8 Å². The molecule has 2 aliphatic rings. The molecule has 12 heteroatoms. The second kappa shape index (κ2) is 12.8. The molecule has 2 aromatic carbocycles. The summed E-state index contributed by atoms with van der Waals surface area (Å²) in [4.78, 5) is 25.1. The van der Waals surface area contributed by atoms with Gasteiger partial charge in [-0.3, -0.25) is 4.57 Å². The third-order valence-corrected chi connectivity index (χ3v) is 7.81. The normalized spacial score (nSPS) is 16.5. The van der Waals surface area contributed by atoms with E-state index in [0.717, 1.165) is 26.2 Å². The first-order valence-corrected chi connectivity index (χ1v) is 14.4. The largest absolute Gasteiger partial charge is 0.378 e. The second-order valence-electron chi connectivity index (χ2n) is 11.6. The Morgan fingerprint density at radius 1 is 0.837 bits per heavy atom. The van der Waals surface area contributed by atoms with E-state index >= 15 is 0 Å². The number of para-hydroxylation sites is 3. The fourth-order valence-corrected chi connectivity index (χ4v) is 5.65. The van der Waals surface area contributed by atoms with Crippen LogP contribution in [0.5, 0.6) is 0 Å². The molecule has 230 valence electrons. The molecule has 0 spiro atoms. The van der Waals surface area contributed by atoms with Crippen LogP contribution >= 0.6 is 0 Å². The molecule has 2 fully saturated rings. The van der Waals surface area contributed by atoms with Crippen molar-refractivity contribution < 1.29 is 13.5 Å². The zero-order chi connectivity index (χ0) is 29.3. The molecular formula is C31H41F2N9O. The van der Waals surface area contributed by atoms with Crippen LogP contribution in [0.25, 0.3) is 17.0 Å². The molecule has 0 aliphatic carbocycles. The maximum absolute atomic E-state index is 14.2. The van der Waals surface area contributed by atoms with Gasteiger partial charge in [-0.2, -0.15) is 15.0 Å². The van der Waals surface area contributed by atoms with Gasteiger partial charge >= 0.3 is 0 Å². The highest BCUT2D eigenvalue weighted by Gasteiger charge is 2.27. The average Bonchev–Trinajstić information content (AvgIpc) is 3.38. The number of anilines is 3. The average molecular weight is 594 g/mol.